The molecule has 0 aliphatic heterocycles. The quantitative estimate of drug-likeness (QED) is 0.289. The van der Waals surface area contributed by atoms with E-state index >= 15 is 0 Å². The fourth-order valence-electron chi connectivity index (χ4n) is 2.04. The van der Waals surface area contributed by atoms with Gasteiger partial charge in [0.25, 0.3) is 0 Å². The van der Waals surface area contributed by atoms with Crippen LogP contribution in [0.15, 0.2) is 48.6 Å². The van der Waals surface area contributed by atoms with Gasteiger partial charge in [0.1, 0.15) is 12.4 Å². The largest absolute Gasteiger partial charge is 0.490 e. The zero-order chi connectivity index (χ0) is 17.5. The van der Waals surface area contributed by atoms with Crippen LogP contribution in [0, 0.1) is 0 Å². The number of hydrogen-bond donors (Lipinski definition) is 0. The monoisotopic (exact) mass is 384 g/mol. The van der Waals surface area contributed by atoms with Crippen molar-refractivity contribution >= 4 is 34.8 Å². The molecule has 0 saturated carbocycles. The van der Waals surface area contributed by atoms with Gasteiger partial charge >= 0.3 is 0 Å². The summed E-state index contributed by atoms with van der Waals surface area (Å²) in [6.45, 7) is 6.73. The van der Waals surface area contributed by atoms with E-state index in [1.807, 2.05) is 43.3 Å². The normalized spacial score (nSPS) is 10.5. The van der Waals surface area contributed by atoms with E-state index in [1.165, 1.54) is 0 Å². The Morgan fingerprint density at radius 1 is 1.00 bits per heavy atom. The second-order valence-corrected chi connectivity index (χ2v) is 6.62. The number of rotatable bonds is 8. The minimum absolute atomic E-state index is 0.481. The molecule has 0 aromatic heterocycles. The fourth-order valence-corrected chi connectivity index (χ4v) is 2.75. The molecule has 0 heterocycles. The third-order valence-corrected chi connectivity index (χ3v) is 4.02. The number of halogens is 3. The van der Waals surface area contributed by atoms with E-state index in [-0.39, 0.29) is 0 Å². The van der Waals surface area contributed by atoms with E-state index in [1.54, 1.807) is 0 Å². The van der Waals surface area contributed by atoms with E-state index in [9.17, 15) is 0 Å². The van der Waals surface area contributed by atoms with E-state index in [2.05, 4.69) is 6.58 Å². The zero-order valence-electron chi connectivity index (χ0n) is 13.5. The average molecular weight is 386 g/mol. The van der Waals surface area contributed by atoms with Crippen molar-refractivity contribution in [3.8, 4) is 22.6 Å². The Morgan fingerprint density at radius 2 is 1.62 bits per heavy atom. The molecule has 0 aliphatic rings. The number of hydrogen-bond acceptors (Lipinski definition) is 2. The smallest absolute Gasteiger partial charge is 0.156 e. The Hall–Kier alpha value is -1.35. The Morgan fingerprint density at radius 3 is 2.17 bits per heavy atom. The molecule has 0 saturated heterocycles. The Kier molecular flexibility index (Phi) is 7.29. The van der Waals surface area contributed by atoms with Crippen molar-refractivity contribution in [3.05, 3.63) is 58.6 Å². The van der Waals surface area contributed by atoms with Crippen LogP contribution in [0.3, 0.4) is 0 Å². The van der Waals surface area contributed by atoms with E-state index in [0.29, 0.717) is 34.9 Å². The molecule has 24 heavy (non-hydrogen) atoms. The minimum Gasteiger partial charge on any atom is -0.490 e. The minimum atomic E-state index is 0.481. The van der Waals surface area contributed by atoms with Crippen LogP contribution in [0.4, 0.5) is 0 Å². The van der Waals surface area contributed by atoms with Gasteiger partial charge in [-0.1, -0.05) is 41.9 Å². The van der Waals surface area contributed by atoms with Gasteiger partial charge in [-0.05, 0) is 54.3 Å². The van der Waals surface area contributed by atoms with Gasteiger partial charge < -0.3 is 9.47 Å². The summed E-state index contributed by atoms with van der Waals surface area (Å²) in [6.07, 6.45) is 0.738. The zero-order valence-corrected chi connectivity index (χ0v) is 15.7. The lowest BCUT2D eigenvalue weighted by atomic mass is 10.1. The second-order valence-electron chi connectivity index (χ2n) is 5.43. The highest BCUT2D eigenvalue weighted by Gasteiger charge is 2.11. The molecule has 0 atom stereocenters. The van der Waals surface area contributed by atoms with Crippen molar-refractivity contribution in [1.82, 2.24) is 0 Å². The molecule has 2 aromatic carbocycles. The van der Waals surface area contributed by atoms with Crippen molar-refractivity contribution in [3.63, 3.8) is 0 Å². The van der Waals surface area contributed by atoms with Gasteiger partial charge in [0.2, 0.25) is 0 Å². The van der Waals surface area contributed by atoms with Gasteiger partial charge in [-0.2, -0.15) is 0 Å². The first-order chi connectivity index (χ1) is 11.5. The summed E-state index contributed by atoms with van der Waals surface area (Å²) >= 11 is 18.2. The molecule has 0 fully saturated rings. The molecule has 2 aromatic rings. The van der Waals surface area contributed by atoms with Gasteiger partial charge in [-0.15, -0.1) is 11.6 Å². The topological polar surface area (TPSA) is 18.5 Å². The van der Waals surface area contributed by atoms with E-state index < -0.39 is 0 Å². The molecule has 128 valence electrons. The fraction of sp³-hybridized carbons (Fsp3) is 0.263. The molecule has 0 unspecified atom stereocenters. The highest BCUT2D eigenvalue weighted by molar-refractivity contribution is 6.37. The summed E-state index contributed by atoms with van der Waals surface area (Å²) in [4.78, 5) is 0. The first-order valence-electron chi connectivity index (χ1n) is 7.56. The van der Waals surface area contributed by atoms with Crippen molar-refractivity contribution < 1.29 is 9.47 Å². The maximum Gasteiger partial charge on any atom is 0.156 e. The molecular formula is C19H19Cl3O2. The molecule has 0 radical (unpaired) electrons. The first-order valence-corrected chi connectivity index (χ1v) is 8.85. The van der Waals surface area contributed by atoms with Crippen LogP contribution in [0.5, 0.6) is 11.5 Å². The Balaban J connectivity index is 2.15. The number of ether oxygens (including phenoxy) is 2. The lowest BCUT2D eigenvalue weighted by Crippen LogP contribution is -1.99. The summed E-state index contributed by atoms with van der Waals surface area (Å²) in [5.74, 6) is 1.82. The molecule has 0 bridgehead atoms. The Labute approximate surface area is 157 Å². The summed E-state index contributed by atoms with van der Waals surface area (Å²) in [5, 5.41) is 0.962. The molecule has 0 aliphatic carbocycles. The van der Waals surface area contributed by atoms with Crippen LogP contribution in [-0.2, 0) is 0 Å². The highest BCUT2D eigenvalue weighted by atomic mass is 35.5. The van der Waals surface area contributed by atoms with Gasteiger partial charge in [-0.25, -0.2) is 0 Å². The summed E-state index contributed by atoms with van der Waals surface area (Å²) < 4.78 is 11.2. The van der Waals surface area contributed by atoms with Crippen molar-refractivity contribution in [2.24, 2.45) is 0 Å². The van der Waals surface area contributed by atoms with Crippen LogP contribution in [-0.4, -0.2) is 19.1 Å². The molecule has 0 N–H and O–H groups in total. The number of benzene rings is 2. The predicted octanol–water partition coefficient (Wildman–Crippen LogP) is 6.62. The van der Waals surface area contributed by atoms with Crippen LogP contribution >= 0.6 is 34.8 Å². The predicted molar refractivity (Wildman–Crippen MR) is 103 cm³/mol. The van der Waals surface area contributed by atoms with E-state index in [0.717, 1.165) is 28.9 Å². The first kappa shape index (κ1) is 19.0. The van der Waals surface area contributed by atoms with Crippen LogP contribution in [0.2, 0.25) is 10.0 Å². The highest BCUT2D eigenvalue weighted by Crippen LogP contribution is 2.38. The standard InChI is InChI=1S/C19H19Cl3O2/c1-13(2)12-24-16-6-4-14(5-7-16)15-10-17(21)19(18(22)11-15)23-9-3-8-20/h4-7,10-11H,1,3,8-9,12H2,2H3. The molecule has 5 heteroatoms. The third kappa shape index (κ3) is 5.34. The average Bonchev–Trinajstić information content (AvgIpc) is 2.56. The summed E-state index contributed by atoms with van der Waals surface area (Å²) in [7, 11) is 0. The SMILES string of the molecule is C=C(C)COc1ccc(-c2cc(Cl)c(OCCCCl)c(Cl)c2)cc1. The maximum absolute atomic E-state index is 6.30. The van der Waals surface area contributed by atoms with E-state index in [4.69, 9.17) is 44.3 Å². The number of alkyl halides is 1. The molecular weight excluding hydrogens is 367 g/mol. The lowest BCUT2D eigenvalue weighted by molar-refractivity contribution is 0.319. The van der Waals surface area contributed by atoms with Crippen LogP contribution in [0.25, 0.3) is 11.1 Å². The maximum atomic E-state index is 6.30. The molecule has 0 amide bonds. The van der Waals surface area contributed by atoms with Crippen LogP contribution in [0.1, 0.15) is 13.3 Å². The lowest BCUT2D eigenvalue weighted by Gasteiger charge is -2.12. The van der Waals surface area contributed by atoms with Gasteiger partial charge in [0.15, 0.2) is 5.75 Å². The Bertz CT molecular complexity index is 673. The van der Waals surface area contributed by atoms with Gasteiger partial charge in [-0.3, -0.25) is 0 Å². The van der Waals surface area contributed by atoms with Gasteiger partial charge in [0, 0.05) is 5.88 Å². The van der Waals surface area contributed by atoms with Crippen LogP contribution < -0.4 is 9.47 Å². The second kappa shape index (κ2) is 9.22. The molecule has 0 spiro atoms. The van der Waals surface area contributed by atoms with Crippen molar-refractivity contribution in [2.45, 2.75) is 13.3 Å². The summed E-state index contributed by atoms with van der Waals surface area (Å²) in [6, 6.07) is 11.4. The molecule has 2 rings (SSSR count). The van der Waals surface area contributed by atoms with Crippen molar-refractivity contribution in [2.75, 3.05) is 19.1 Å². The third-order valence-electron chi connectivity index (χ3n) is 3.20. The van der Waals surface area contributed by atoms with Crippen molar-refractivity contribution in [1.29, 1.82) is 0 Å². The molecule has 2 nitrogen and oxygen atoms in total. The summed E-state index contributed by atoms with van der Waals surface area (Å²) in [5.41, 5.74) is 2.89. The van der Waals surface area contributed by atoms with Gasteiger partial charge in [0.05, 0.1) is 16.7 Å².